The van der Waals surface area contributed by atoms with E-state index in [1.807, 2.05) is 25.7 Å². The molecule has 0 spiro atoms. The molecule has 1 saturated carbocycles. The number of sulfonamides is 1. The van der Waals surface area contributed by atoms with Crippen LogP contribution in [0.4, 0.5) is 0 Å². The van der Waals surface area contributed by atoms with Gasteiger partial charge in [-0.05, 0) is 41.7 Å². The van der Waals surface area contributed by atoms with E-state index in [0.717, 1.165) is 0 Å². The first-order valence-corrected chi connectivity index (χ1v) is 11.4. The van der Waals surface area contributed by atoms with Gasteiger partial charge in [-0.3, -0.25) is 4.79 Å². The second kappa shape index (κ2) is 7.02. The van der Waals surface area contributed by atoms with Crippen LogP contribution < -0.4 is 9.46 Å². The Balaban J connectivity index is 1.83. The number of para-hydroxylation sites is 1. The minimum atomic E-state index is -3.92. The average Bonchev–Trinajstić information content (AvgIpc) is 2.96. The van der Waals surface area contributed by atoms with Crippen molar-refractivity contribution >= 4 is 15.9 Å². The van der Waals surface area contributed by atoms with Gasteiger partial charge < -0.3 is 9.64 Å². The third-order valence-electron chi connectivity index (χ3n) is 6.26. The van der Waals surface area contributed by atoms with E-state index < -0.39 is 21.5 Å². The molecule has 1 aliphatic carbocycles. The quantitative estimate of drug-likeness (QED) is 0.785. The van der Waals surface area contributed by atoms with Crippen LogP contribution in [0.15, 0.2) is 29.2 Å². The Hall–Kier alpha value is -1.60. The molecule has 1 aliphatic heterocycles. The van der Waals surface area contributed by atoms with Gasteiger partial charge in [0.25, 0.3) is 0 Å². The number of fused-ring (bicyclic) bond motifs is 1. The lowest BCUT2D eigenvalue weighted by molar-refractivity contribution is -0.135. The van der Waals surface area contributed by atoms with Crippen LogP contribution in [0.2, 0.25) is 0 Å². The molecule has 6 nitrogen and oxygen atoms in total. The predicted octanol–water partition coefficient (Wildman–Crippen LogP) is 2.89. The fourth-order valence-electron chi connectivity index (χ4n) is 4.26. The topological polar surface area (TPSA) is 75.7 Å². The molecule has 28 heavy (non-hydrogen) atoms. The molecule has 3 rings (SSSR count). The van der Waals surface area contributed by atoms with Crippen LogP contribution in [0, 0.1) is 22.7 Å². The number of rotatable bonds is 6. The maximum Gasteiger partial charge on any atom is 0.244 e. The van der Waals surface area contributed by atoms with Crippen LogP contribution in [0.1, 0.15) is 41.5 Å². The van der Waals surface area contributed by atoms with Gasteiger partial charge in [0.1, 0.15) is 16.7 Å². The number of piperidine rings is 1. The fraction of sp³-hybridized carbons (Fsp3) is 0.667. The number of hydrogen-bond donors (Lipinski definition) is 1. The van der Waals surface area contributed by atoms with E-state index in [-0.39, 0.29) is 10.8 Å². The molecule has 1 N–H and O–H groups in total. The first-order valence-electron chi connectivity index (χ1n) is 9.92. The molecule has 1 heterocycles. The summed E-state index contributed by atoms with van der Waals surface area (Å²) in [5.74, 6) is 1.19. The fourth-order valence-corrected chi connectivity index (χ4v) is 5.80. The summed E-state index contributed by atoms with van der Waals surface area (Å²) in [6, 6.07) is 5.68. The lowest BCUT2D eigenvalue weighted by atomic mass is 9.86. The van der Waals surface area contributed by atoms with Crippen LogP contribution in [0.5, 0.6) is 5.75 Å². The molecule has 2 aliphatic rings. The van der Waals surface area contributed by atoms with Crippen LogP contribution in [-0.4, -0.2) is 45.0 Å². The lowest BCUT2D eigenvalue weighted by Gasteiger charge is -2.34. The number of nitrogens with one attached hydrogen (secondary N) is 1. The summed E-state index contributed by atoms with van der Waals surface area (Å²) in [4.78, 5) is 15.1. The predicted molar refractivity (Wildman–Crippen MR) is 109 cm³/mol. The molecule has 7 heteroatoms. The molecule has 0 aromatic heterocycles. The summed E-state index contributed by atoms with van der Waals surface area (Å²) in [5.41, 5.74) is -0.267. The highest BCUT2D eigenvalue weighted by Gasteiger charge is 2.63. The van der Waals surface area contributed by atoms with Crippen LogP contribution in [0.3, 0.4) is 0 Å². The zero-order valence-electron chi connectivity index (χ0n) is 17.7. The third-order valence-corrected chi connectivity index (χ3v) is 7.72. The highest BCUT2D eigenvalue weighted by molar-refractivity contribution is 7.89. The molecule has 0 radical (unpaired) electrons. The van der Waals surface area contributed by atoms with Gasteiger partial charge in [0.15, 0.2) is 0 Å². The molecule has 0 unspecified atom stereocenters. The van der Waals surface area contributed by atoms with E-state index >= 15 is 0 Å². The standard InChI is InChI=1S/C21H32N2O4S/c1-7-27-16-10-8-9-11-17(16)28(25,26)22-18(20(2,3)4)19(24)23-12-14-15(13-23)21(14,5)6/h8-11,14-15,18,22H,7,12-13H2,1-6H3/t14-,15+,18-/m1/s1. The summed E-state index contributed by atoms with van der Waals surface area (Å²) >= 11 is 0. The number of carbonyl (C=O) groups is 1. The van der Waals surface area contributed by atoms with E-state index in [4.69, 9.17) is 4.74 Å². The second-order valence-corrected chi connectivity index (χ2v) is 11.3. The third kappa shape index (κ3) is 3.79. The van der Waals surface area contributed by atoms with E-state index in [2.05, 4.69) is 18.6 Å². The molecule has 0 bridgehead atoms. The van der Waals surface area contributed by atoms with Crippen LogP contribution in [-0.2, 0) is 14.8 Å². The molecule has 3 atom stereocenters. The Labute approximate surface area is 168 Å². The SMILES string of the molecule is CCOc1ccccc1S(=O)(=O)N[C@H](C(=O)N1C[C@@H]2[C@H](C1)C2(C)C)C(C)(C)C. The second-order valence-electron chi connectivity index (χ2n) is 9.58. The highest BCUT2D eigenvalue weighted by atomic mass is 32.2. The van der Waals surface area contributed by atoms with Crippen molar-refractivity contribution in [1.29, 1.82) is 0 Å². The summed E-state index contributed by atoms with van der Waals surface area (Å²) in [5, 5.41) is 0. The van der Waals surface area contributed by atoms with Gasteiger partial charge in [-0.15, -0.1) is 0 Å². The van der Waals surface area contributed by atoms with Crippen molar-refractivity contribution in [3.63, 3.8) is 0 Å². The zero-order valence-corrected chi connectivity index (χ0v) is 18.5. The number of amides is 1. The van der Waals surface area contributed by atoms with Crippen molar-refractivity contribution in [3.05, 3.63) is 24.3 Å². The van der Waals surface area contributed by atoms with Gasteiger partial charge in [0.05, 0.1) is 6.61 Å². The number of likely N-dealkylation sites (tertiary alicyclic amines) is 1. The van der Waals surface area contributed by atoms with E-state index in [1.54, 1.807) is 25.1 Å². The summed E-state index contributed by atoms with van der Waals surface area (Å²) in [7, 11) is -3.92. The Morgan fingerprint density at radius 2 is 1.82 bits per heavy atom. The van der Waals surface area contributed by atoms with Gasteiger partial charge in [-0.2, -0.15) is 4.72 Å². The lowest BCUT2D eigenvalue weighted by Crippen LogP contribution is -2.54. The Kier molecular flexibility index (Phi) is 5.30. The molecule has 1 amide bonds. The zero-order chi connectivity index (χ0) is 20.9. The Morgan fingerprint density at radius 1 is 1.25 bits per heavy atom. The normalized spacial score (nSPS) is 24.6. The number of nitrogens with zero attached hydrogens (tertiary/aromatic N) is 1. The molecule has 2 fully saturated rings. The number of carbonyl (C=O) groups excluding carboxylic acids is 1. The van der Waals surface area contributed by atoms with E-state index in [1.165, 1.54) is 6.07 Å². The largest absolute Gasteiger partial charge is 0.492 e. The van der Waals surface area contributed by atoms with Crippen molar-refractivity contribution in [2.45, 2.75) is 52.5 Å². The molecule has 1 aromatic rings. The molecular weight excluding hydrogens is 376 g/mol. The Bertz CT molecular complexity index is 843. The molecular formula is C21H32N2O4S. The number of benzene rings is 1. The summed E-state index contributed by atoms with van der Waals surface area (Å²) in [6.07, 6.45) is 0. The average molecular weight is 409 g/mol. The van der Waals surface area contributed by atoms with Gasteiger partial charge in [-0.1, -0.05) is 46.8 Å². The van der Waals surface area contributed by atoms with E-state index in [9.17, 15) is 13.2 Å². The van der Waals surface area contributed by atoms with Gasteiger partial charge in [-0.25, -0.2) is 8.42 Å². The maximum atomic E-state index is 13.3. The van der Waals surface area contributed by atoms with Crippen molar-refractivity contribution in [1.82, 2.24) is 9.62 Å². The van der Waals surface area contributed by atoms with Crippen molar-refractivity contribution < 1.29 is 17.9 Å². The summed E-state index contributed by atoms with van der Waals surface area (Å²) < 4.78 is 34.4. The smallest absolute Gasteiger partial charge is 0.244 e. The van der Waals surface area contributed by atoms with Crippen molar-refractivity contribution in [3.8, 4) is 5.75 Å². The van der Waals surface area contributed by atoms with Gasteiger partial charge in [0.2, 0.25) is 15.9 Å². The van der Waals surface area contributed by atoms with Gasteiger partial charge >= 0.3 is 0 Å². The van der Waals surface area contributed by atoms with Crippen LogP contribution in [0.25, 0.3) is 0 Å². The van der Waals surface area contributed by atoms with Crippen molar-refractivity contribution in [2.75, 3.05) is 19.7 Å². The highest BCUT2D eigenvalue weighted by Crippen LogP contribution is 2.62. The number of hydrogen-bond acceptors (Lipinski definition) is 4. The maximum absolute atomic E-state index is 13.3. The molecule has 1 saturated heterocycles. The van der Waals surface area contributed by atoms with Gasteiger partial charge in [0, 0.05) is 13.1 Å². The van der Waals surface area contributed by atoms with Crippen LogP contribution >= 0.6 is 0 Å². The monoisotopic (exact) mass is 408 g/mol. The molecule has 1 aromatic carbocycles. The Morgan fingerprint density at radius 3 is 2.36 bits per heavy atom. The number of ether oxygens (including phenoxy) is 1. The van der Waals surface area contributed by atoms with E-state index in [0.29, 0.717) is 42.7 Å². The molecule has 156 valence electrons. The first kappa shape index (κ1) is 21.1. The first-order chi connectivity index (χ1) is 12.9. The van der Waals surface area contributed by atoms with Crippen molar-refractivity contribution in [2.24, 2.45) is 22.7 Å². The minimum Gasteiger partial charge on any atom is -0.492 e. The summed E-state index contributed by atoms with van der Waals surface area (Å²) in [6.45, 7) is 13.7. The minimum absolute atomic E-state index is 0.0595.